The van der Waals surface area contributed by atoms with Crippen LogP contribution in [0.3, 0.4) is 0 Å². The van der Waals surface area contributed by atoms with Crippen molar-refractivity contribution in [3.8, 4) is 0 Å². The first-order chi connectivity index (χ1) is 8.99. The van der Waals surface area contributed by atoms with Crippen molar-refractivity contribution in [1.82, 2.24) is 0 Å². The molecule has 7 heteroatoms. The van der Waals surface area contributed by atoms with Crippen molar-refractivity contribution in [2.45, 2.75) is 13.3 Å². The standard InChI is InChI=1S/C12H15ClN2O4/c1-3-6-14(8-12(16)19-2)11-7-9(13)4-5-10(11)15(17)18/h4-5,7H,3,6,8H2,1-2H3. The second-order valence-corrected chi connectivity index (χ2v) is 4.32. The Balaban J connectivity index is 3.16. The molecule has 0 unspecified atom stereocenters. The molecule has 1 rings (SSSR count). The first kappa shape index (κ1) is 15.2. The molecule has 0 fully saturated rings. The molecule has 0 aliphatic heterocycles. The van der Waals surface area contributed by atoms with Crippen LogP contribution in [0.5, 0.6) is 0 Å². The normalized spacial score (nSPS) is 10.1. The van der Waals surface area contributed by atoms with E-state index >= 15 is 0 Å². The highest BCUT2D eigenvalue weighted by Gasteiger charge is 2.21. The number of carbonyl (C=O) groups excluding carboxylic acids is 1. The number of hydrogen-bond acceptors (Lipinski definition) is 5. The maximum Gasteiger partial charge on any atom is 0.325 e. The van der Waals surface area contributed by atoms with Crippen LogP contribution in [0.2, 0.25) is 5.02 Å². The Morgan fingerprint density at radius 2 is 2.21 bits per heavy atom. The molecule has 0 aliphatic carbocycles. The number of halogens is 1. The van der Waals surface area contributed by atoms with Gasteiger partial charge in [-0.15, -0.1) is 0 Å². The van der Waals surface area contributed by atoms with E-state index in [0.29, 0.717) is 17.3 Å². The molecule has 0 aromatic heterocycles. The fraction of sp³-hybridized carbons (Fsp3) is 0.417. The van der Waals surface area contributed by atoms with Crippen LogP contribution < -0.4 is 4.90 Å². The van der Waals surface area contributed by atoms with Crippen LogP contribution in [-0.2, 0) is 9.53 Å². The van der Waals surface area contributed by atoms with Gasteiger partial charge in [0.05, 0.1) is 12.0 Å². The van der Waals surface area contributed by atoms with Gasteiger partial charge in [0.1, 0.15) is 12.2 Å². The number of esters is 1. The zero-order valence-electron chi connectivity index (χ0n) is 10.8. The van der Waals surface area contributed by atoms with Crippen LogP contribution in [-0.4, -0.2) is 31.1 Å². The van der Waals surface area contributed by atoms with E-state index in [2.05, 4.69) is 4.74 Å². The largest absolute Gasteiger partial charge is 0.468 e. The highest BCUT2D eigenvalue weighted by molar-refractivity contribution is 6.31. The summed E-state index contributed by atoms with van der Waals surface area (Å²) in [6, 6.07) is 4.27. The summed E-state index contributed by atoms with van der Waals surface area (Å²) < 4.78 is 4.60. The molecule has 1 aromatic rings. The molecule has 6 nitrogen and oxygen atoms in total. The van der Waals surface area contributed by atoms with Gasteiger partial charge < -0.3 is 9.64 Å². The van der Waals surface area contributed by atoms with E-state index in [0.717, 1.165) is 6.42 Å². The average Bonchev–Trinajstić information content (AvgIpc) is 2.37. The molecule has 104 valence electrons. The lowest BCUT2D eigenvalue weighted by molar-refractivity contribution is -0.384. The molecule has 0 spiro atoms. The van der Waals surface area contributed by atoms with Crippen LogP contribution in [0, 0.1) is 10.1 Å². The number of anilines is 1. The van der Waals surface area contributed by atoms with Crippen molar-refractivity contribution in [3.63, 3.8) is 0 Å². The zero-order valence-corrected chi connectivity index (χ0v) is 11.5. The molecule has 0 saturated heterocycles. The molecule has 0 atom stereocenters. The third-order valence-corrected chi connectivity index (χ3v) is 2.75. The van der Waals surface area contributed by atoms with E-state index in [4.69, 9.17) is 11.6 Å². The van der Waals surface area contributed by atoms with E-state index in [1.54, 1.807) is 4.90 Å². The molecule has 0 radical (unpaired) electrons. The van der Waals surface area contributed by atoms with Gasteiger partial charge in [0.2, 0.25) is 0 Å². The molecule has 0 amide bonds. The molecule has 0 bridgehead atoms. The molecule has 0 aliphatic rings. The van der Waals surface area contributed by atoms with Gasteiger partial charge in [-0.2, -0.15) is 0 Å². The van der Waals surface area contributed by atoms with Crippen LogP contribution in [0.4, 0.5) is 11.4 Å². The number of methoxy groups -OCH3 is 1. The van der Waals surface area contributed by atoms with E-state index in [1.807, 2.05) is 6.92 Å². The topological polar surface area (TPSA) is 72.7 Å². The van der Waals surface area contributed by atoms with Gasteiger partial charge in [-0.25, -0.2) is 0 Å². The molecule has 19 heavy (non-hydrogen) atoms. The van der Waals surface area contributed by atoms with Gasteiger partial charge in [0, 0.05) is 17.6 Å². The number of hydrogen-bond donors (Lipinski definition) is 0. The van der Waals surface area contributed by atoms with Gasteiger partial charge in [0.25, 0.3) is 5.69 Å². The lowest BCUT2D eigenvalue weighted by Gasteiger charge is -2.22. The molecule has 0 N–H and O–H groups in total. The summed E-state index contributed by atoms with van der Waals surface area (Å²) in [6.45, 7) is 2.36. The molecule has 1 aromatic carbocycles. The monoisotopic (exact) mass is 286 g/mol. The van der Waals surface area contributed by atoms with Gasteiger partial charge in [-0.3, -0.25) is 14.9 Å². The summed E-state index contributed by atoms with van der Waals surface area (Å²) >= 11 is 5.87. The van der Waals surface area contributed by atoms with Gasteiger partial charge in [-0.1, -0.05) is 18.5 Å². The summed E-state index contributed by atoms with van der Waals surface area (Å²) in [7, 11) is 1.28. The summed E-state index contributed by atoms with van der Waals surface area (Å²) in [5, 5.41) is 11.4. The van der Waals surface area contributed by atoms with Crippen molar-refractivity contribution in [2.24, 2.45) is 0 Å². The maximum atomic E-state index is 11.4. The highest BCUT2D eigenvalue weighted by Crippen LogP contribution is 2.31. The lowest BCUT2D eigenvalue weighted by atomic mass is 10.2. The second kappa shape index (κ2) is 6.94. The fourth-order valence-corrected chi connectivity index (χ4v) is 1.85. The minimum atomic E-state index is -0.494. The van der Waals surface area contributed by atoms with E-state index in [-0.39, 0.29) is 12.2 Å². The smallest absolute Gasteiger partial charge is 0.325 e. The Morgan fingerprint density at radius 1 is 1.53 bits per heavy atom. The average molecular weight is 287 g/mol. The molecular formula is C12H15ClN2O4. The fourth-order valence-electron chi connectivity index (χ4n) is 1.68. The van der Waals surface area contributed by atoms with Gasteiger partial charge in [0.15, 0.2) is 0 Å². The van der Waals surface area contributed by atoms with Crippen LogP contribution in [0.1, 0.15) is 13.3 Å². The summed E-state index contributed by atoms with van der Waals surface area (Å²) in [5.41, 5.74) is 0.242. The van der Waals surface area contributed by atoms with Crippen molar-refractivity contribution >= 4 is 28.9 Å². The van der Waals surface area contributed by atoms with E-state index < -0.39 is 10.9 Å². The second-order valence-electron chi connectivity index (χ2n) is 3.89. The van der Waals surface area contributed by atoms with Gasteiger partial charge >= 0.3 is 5.97 Å². The van der Waals surface area contributed by atoms with Crippen LogP contribution >= 0.6 is 11.6 Å². The maximum absolute atomic E-state index is 11.4. The third-order valence-electron chi connectivity index (χ3n) is 2.52. The Hall–Kier alpha value is -1.82. The van der Waals surface area contributed by atoms with Crippen molar-refractivity contribution in [1.29, 1.82) is 0 Å². The Kier molecular flexibility index (Phi) is 5.57. The van der Waals surface area contributed by atoms with Crippen molar-refractivity contribution in [2.75, 3.05) is 25.1 Å². The molecular weight excluding hydrogens is 272 g/mol. The number of carbonyl (C=O) groups is 1. The van der Waals surface area contributed by atoms with E-state index in [1.165, 1.54) is 25.3 Å². The predicted molar refractivity (Wildman–Crippen MR) is 72.6 cm³/mol. The number of ether oxygens (including phenoxy) is 1. The number of rotatable bonds is 6. The predicted octanol–water partition coefficient (Wildman–Crippen LogP) is 2.64. The Bertz CT molecular complexity index is 479. The SMILES string of the molecule is CCCN(CC(=O)OC)c1cc(Cl)ccc1[N+](=O)[O-]. The summed E-state index contributed by atoms with van der Waals surface area (Å²) in [4.78, 5) is 23.5. The van der Waals surface area contributed by atoms with Gasteiger partial charge in [-0.05, 0) is 18.6 Å². The van der Waals surface area contributed by atoms with Crippen molar-refractivity contribution in [3.05, 3.63) is 33.3 Å². The highest BCUT2D eigenvalue weighted by atomic mass is 35.5. The number of nitrogens with zero attached hydrogens (tertiary/aromatic N) is 2. The van der Waals surface area contributed by atoms with Crippen LogP contribution in [0.25, 0.3) is 0 Å². The third kappa shape index (κ3) is 4.10. The van der Waals surface area contributed by atoms with Crippen LogP contribution in [0.15, 0.2) is 18.2 Å². The first-order valence-electron chi connectivity index (χ1n) is 5.75. The summed E-state index contributed by atoms with van der Waals surface area (Å²) in [5.74, 6) is -0.456. The van der Waals surface area contributed by atoms with Crippen molar-refractivity contribution < 1.29 is 14.5 Å². The Labute approximate surface area is 116 Å². The first-order valence-corrected chi connectivity index (χ1v) is 6.13. The lowest BCUT2D eigenvalue weighted by Crippen LogP contribution is -2.31. The quantitative estimate of drug-likeness (QED) is 0.457. The van der Waals surface area contributed by atoms with E-state index in [9.17, 15) is 14.9 Å². The minimum Gasteiger partial charge on any atom is -0.468 e. The minimum absolute atomic E-state index is 0.0501. The number of benzene rings is 1. The number of nitro groups is 1. The summed E-state index contributed by atoms with van der Waals surface area (Å²) in [6.07, 6.45) is 0.737. The molecule has 0 heterocycles. The molecule has 0 saturated carbocycles. The zero-order chi connectivity index (χ0) is 14.4. The Morgan fingerprint density at radius 3 is 2.74 bits per heavy atom. The number of nitro benzene ring substituents is 1.